The SMILES string of the molecule is CC(=O)c1ccc(C(=O)Nc2ccc(F)c(C(F)(F)F)c2)cc1. The highest BCUT2D eigenvalue weighted by Gasteiger charge is 2.34. The van der Waals surface area contributed by atoms with E-state index in [1.54, 1.807) is 0 Å². The summed E-state index contributed by atoms with van der Waals surface area (Å²) in [6, 6.07) is 7.81. The Morgan fingerprint density at radius 3 is 2.04 bits per heavy atom. The third kappa shape index (κ3) is 3.94. The van der Waals surface area contributed by atoms with Crippen LogP contribution in [0.2, 0.25) is 0 Å². The molecule has 0 radical (unpaired) electrons. The molecule has 0 aromatic heterocycles. The lowest BCUT2D eigenvalue weighted by Crippen LogP contribution is -2.14. The summed E-state index contributed by atoms with van der Waals surface area (Å²) in [4.78, 5) is 23.1. The lowest BCUT2D eigenvalue weighted by Gasteiger charge is -2.11. The van der Waals surface area contributed by atoms with E-state index in [-0.39, 0.29) is 17.0 Å². The molecule has 1 N–H and O–H groups in total. The van der Waals surface area contributed by atoms with Gasteiger partial charge in [-0.1, -0.05) is 12.1 Å². The van der Waals surface area contributed by atoms with Gasteiger partial charge in [0.25, 0.3) is 5.91 Å². The molecular weight excluding hydrogens is 314 g/mol. The number of ketones is 1. The van der Waals surface area contributed by atoms with Gasteiger partial charge in [0, 0.05) is 16.8 Å². The van der Waals surface area contributed by atoms with Crippen LogP contribution in [0.4, 0.5) is 23.2 Å². The van der Waals surface area contributed by atoms with E-state index in [1.165, 1.54) is 31.2 Å². The van der Waals surface area contributed by atoms with Crippen molar-refractivity contribution in [3.63, 3.8) is 0 Å². The number of rotatable bonds is 3. The molecule has 0 aliphatic carbocycles. The Kier molecular flexibility index (Phi) is 4.49. The molecule has 0 bridgehead atoms. The number of Topliss-reactive ketones (excluding diaryl/α,β-unsaturated/α-hetero) is 1. The first-order valence-corrected chi connectivity index (χ1v) is 6.47. The number of hydrogen-bond acceptors (Lipinski definition) is 2. The van der Waals surface area contributed by atoms with Crippen LogP contribution in [0, 0.1) is 5.82 Å². The van der Waals surface area contributed by atoms with Crippen molar-refractivity contribution in [3.05, 3.63) is 65.0 Å². The molecule has 0 heterocycles. The molecule has 2 rings (SSSR count). The molecule has 120 valence electrons. The van der Waals surface area contributed by atoms with Crippen molar-refractivity contribution in [1.82, 2.24) is 0 Å². The molecule has 2 aromatic rings. The summed E-state index contributed by atoms with van der Waals surface area (Å²) < 4.78 is 51.1. The summed E-state index contributed by atoms with van der Waals surface area (Å²) in [5.74, 6) is -2.26. The van der Waals surface area contributed by atoms with Crippen molar-refractivity contribution in [2.45, 2.75) is 13.1 Å². The Morgan fingerprint density at radius 2 is 1.52 bits per heavy atom. The maximum absolute atomic E-state index is 13.2. The van der Waals surface area contributed by atoms with Crippen LogP contribution >= 0.6 is 0 Å². The predicted octanol–water partition coefficient (Wildman–Crippen LogP) is 4.30. The maximum atomic E-state index is 13.2. The molecule has 1 amide bonds. The van der Waals surface area contributed by atoms with Crippen LogP contribution in [0.15, 0.2) is 42.5 Å². The summed E-state index contributed by atoms with van der Waals surface area (Å²) in [7, 11) is 0. The van der Waals surface area contributed by atoms with Gasteiger partial charge < -0.3 is 5.32 Å². The highest BCUT2D eigenvalue weighted by molar-refractivity contribution is 6.05. The largest absolute Gasteiger partial charge is 0.419 e. The second-order valence-electron chi connectivity index (χ2n) is 4.78. The maximum Gasteiger partial charge on any atom is 0.419 e. The predicted molar refractivity (Wildman–Crippen MR) is 75.8 cm³/mol. The summed E-state index contributed by atoms with van der Waals surface area (Å²) in [6.07, 6.45) is -4.85. The van der Waals surface area contributed by atoms with Crippen molar-refractivity contribution >= 4 is 17.4 Å². The monoisotopic (exact) mass is 325 g/mol. The molecule has 0 fully saturated rings. The van der Waals surface area contributed by atoms with Crippen LogP contribution in [0.1, 0.15) is 33.2 Å². The zero-order chi connectivity index (χ0) is 17.2. The Bertz CT molecular complexity index is 752. The molecular formula is C16H11F4NO2. The van der Waals surface area contributed by atoms with E-state index >= 15 is 0 Å². The molecule has 7 heteroatoms. The minimum absolute atomic E-state index is 0.160. The average Bonchev–Trinajstić information content (AvgIpc) is 2.48. The van der Waals surface area contributed by atoms with Crippen molar-refractivity contribution in [2.24, 2.45) is 0 Å². The van der Waals surface area contributed by atoms with Crippen molar-refractivity contribution in [2.75, 3.05) is 5.32 Å². The highest BCUT2D eigenvalue weighted by atomic mass is 19.4. The van der Waals surface area contributed by atoms with Crippen LogP contribution in [0.5, 0.6) is 0 Å². The van der Waals surface area contributed by atoms with Gasteiger partial charge in [-0.05, 0) is 37.3 Å². The number of benzene rings is 2. The molecule has 0 spiro atoms. The van der Waals surface area contributed by atoms with Gasteiger partial charge in [-0.2, -0.15) is 13.2 Å². The van der Waals surface area contributed by atoms with Gasteiger partial charge in [0.1, 0.15) is 5.82 Å². The van der Waals surface area contributed by atoms with Gasteiger partial charge >= 0.3 is 6.18 Å². The van der Waals surface area contributed by atoms with Crippen molar-refractivity contribution in [1.29, 1.82) is 0 Å². The minimum atomic E-state index is -4.85. The van der Waals surface area contributed by atoms with Crippen LogP contribution in [0.25, 0.3) is 0 Å². The topological polar surface area (TPSA) is 46.2 Å². The van der Waals surface area contributed by atoms with Gasteiger partial charge in [-0.3, -0.25) is 9.59 Å². The summed E-state index contributed by atoms with van der Waals surface area (Å²) >= 11 is 0. The molecule has 0 atom stereocenters. The number of nitrogens with one attached hydrogen (secondary N) is 1. The first kappa shape index (κ1) is 16.7. The number of carbonyl (C=O) groups is 2. The second kappa shape index (κ2) is 6.20. The standard InChI is InChI=1S/C16H11F4NO2/c1-9(22)10-2-4-11(5-3-10)15(23)21-12-6-7-14(17)13(8-12)16(18,19)20/h2-8H,1H3,(H,21,23). The third-order valence-corrected chi connectivity index (χ3v) is 3.08. The molecule has 3 nitrogen and oxygen atoms in total. The second-order valence-corrected chi connectivity index (χ2v) is 4.78. The van der Waals surface area contributed by atoms with Crippen LogP contribution in [-0.4, -0.2) is 11.7 Å². The molecule has 2 aromatic carbocycles. The molecule has 0 aliphatic heterocycles. The van der Waals surface area contributed by atoms with E-state index < -0.39 is 23.5 Å². The fourth-order valence-corrected chi connectivity index (χ4v) is 1.88. The Labute approximate surface area is 128 Å². The lowest BCUT2D eigenvalue weighted by molar-refractivity contribution is -0.139. The van der Waals surface area contributed by atoms with Crippen LogP contribution in [-0.2, 0) is 6.18 Å². The van der Waals surface area contributed by atoms with Gasteiger partial charge in [-0.25, -0.2) is 4.39 Å². The Morgan fingerprint density at radius 1 is 0.957 bits per heavy atom. The first-order chi connectivity index (χ1) is 10.7. The number of anilines is 1. The van der Waals surface area contributed by atoms with E-state index in [0.29, 0.717) is 17.7 Å². The van der Waals surface area contributed by atoms with Gasteiger partial charge in [0.05, 0.1) is 5.56 Å². The molecule has 0 aliphatic rings. The first-order valence-electron chi connectivity index (χ1n) is 6.47. The van der Waals surface area contributed by atoms with Crippen molar-refractivity contribution in [3.8, 4) is 0 Å². The number of carbonyl (C=O) groups excluding carboxylic acids is 2. The summed E-state index contributed by atoms with van der Waals surface area (Å²) in [5, 5.41) is 2.26. The van der Waals surface area contributed by atoms with E-state index in [2.05, 4.69) is 5.32 Å². The van der Waals surface area contributed by atoms with Gasteiger partial charge in [-0.15, -0.1) is 0 Å². The van der Waals surface area contributed by atoms with Gasteiger partial charge in [0.15, 0.2) is 5.78 Å². The van der Waals surface area contributed by atoms with Gasteiger partial charge in [0.2, 0.25) is 0 Å². The van der Waals surface area contributed by atoms with E-state index in [1.807, 2.05) is 0 Å². The minimum Gasteiger partial charge on any atom is -0.322 e. The highest BCUT2D eigenvalue weighted by Crippen LogP contribution is 2.33. The number of alkyl halides is 3. The Hall–Kier alpha value is -2.70. The van der Waals surface area contributed by atoms with Crippen LogP contribution in [0.3, 0.4) is 0 Å². The third-order valence-electron chi connectivity index (χ3n) is 3.08. The van der Waals surface area contributed by atoms with E-state index in [0.717, 1.165) is 6.07 Å². The zero-order valence-corrected chi connectivity index (χ0v) is 11.9. The summed E-state index contributed by atoms with van der Waals surface area (Å²) in [6.45, 7) is 1.37. The zero-order valence-electron chi connectivity index (χ0n) is 11.9. The molecule has 0 saturated carbocycles. The smallest absolute Gasteiger partial charge is 0.322 e. The average molecular weight is 325 g/mol. The number of amides is 1. The van der Waals surface area contributed by atoms with Crippen molar-refractivity contribution < 1.29 is 27.2 Å². The van der Waals surface area contributed by atoms with E-state index in [4.69, 9.17) is 0 Å². The molecule has 23 heavy (non-hydrogen) atoms. The number of halogens is 4. The van der Waals surface area contributed by atoms with Crippen LogP contribution < -0.4 is 5.32 Å². The fraction of sp³-hybridized carbons (Fsp3) is 0.125. The normalized spacial score (nSPS) is 11.2. The fourth-order valence-electron chi connectivity index (χ4n) is 1.88. The van der Waals surface area contributed by atoms with E-state index in [9.17, 15) is 27.2 Å². The number of hydrogen-bond donors (Lipinski definition) is 1. The lowest BCUT2D eigenvalue weighted by atomic mass is 10.1. The molecule has 0 saturated heterocycles. The quantitative estimate of drug-likeness (QED) is 0.675. The Balaban J connectivity index is 2.22. The molecule has 0 unspecified atom stereocenters. The summed E-state index contributed by atoms with van der Waals surface area (Å²) in [5.41, 5.74) is -1.07.